The highest BCUT2D eigenvalue weighted by atomic mass is 79.9. The molecule has 3 rings (SSSR count). The summed E-state index contributed by atoms with van der Waals surface area (Å²) in [6, 6.07) is 13.4. The van der Waals surface area contributed by atoms with Crippen LogP contribution in [0.5, 0.6) is 11.5 Å². The van der Waals surface area contributed by atoms with Crippen molar-refractivity contribution < 1.29 is 14.3 Å². The van der Waals surface area contributed by atoms with E-state index in [-0.39, 0.29) is 5.91 Å². The van der Waals surface area contributed by atoms with Gasteiger partial charge < -0.3 is 14.4 Å². The number of nitrogens with zero attached hydrogens (tertiary/aromatic N) is 2. The van der Waals surface area contributed by atoms with Gasteiger partial charge in [-0.2, -0.15) is 0 Å². The van der Waals surface area contributed by atoms with Crippen molar-refractivity contribution in [1.29, 1.82) is 0 Å². The van der Waals surface area contributed by atoms with Crippen molar-refractivity contribution in [1.82, 2.24) is 9.80 Å². The number of carbonyl (C=O) groups excluding carboxylic acids is 1. The molecule has 0 atom stereocenters. The number of methoxy groups -OCH3 is 1. The van der Waals surface area contributed by atoms with Gasteiger partial charge in [0.2, 0.25) is 0 Å². The van der Waals surface area contributed by atoms with Crippen molar-refractivity contribution in [2.75, 3.05) is 20.8 Å². The molecule has 0 spiro atoms. The number of halogens is 1. The van der Waals surface area contributed by atoms with E-state index in [1.807, 2.05) is 42.5 Å². The zero-order chi connectivity index (χ0) is 21.0. The molecule has 29 heavy (non-hydrogen) atoms. The third-order valence-corrected chi connectivity index (χ3v) is 5.64. The molecule has 0 radical (unpaired) electrons. The first-order valence-electron chi connectivity index (χ1n) is 8.92. The molecule has 1 fully saturated rings. The van der Waals surface area contributed by atoms with E-state index in [4.69, 9.17) is 21.7 Å². The fourth-order valence-electron chi connectivity index (χ4n) is 2.95. The molecule has 0 N–H and O–H groups in total. The SMILES string of the molecule is C=CCOc1cc(Br)c(C=C2C(=O)N(Cc3ccccc3)C(=S)N2C)cc1OC. The number of likely N-dealkylation sites (N-methyl/N-ethyl adjacent to an activating group) is 1. The number of benzene rings is 2. The number of thiocarbonyl (C=S) groups is 1. The van der Waals surface area contributed by atoms with E-state index in [1.54, 1.807) is 36.1 Å². The Kier molecular flexibility index (Phi) is 6.71. The molecule has 1 aliphatic heterocycles. The predicted molar refractivity (Wildman–Crippen MR) is 122 cm³/mol. The monoisotopic (exact) mass is 472 g/mol. The molecule has 150 valence electrons. The third-order valence-electron chi connectivity index (χ3n) is 4.46. The van der Waals surface area contributed by atoms with Crippen molar-refractivity contribution in [2.45, 2.75) is 6.54 Å². The minimum atomic E-state index is -0.140. The molecule has 5 nitrogen and oxygen atoms in total. The molecule has 0 unspecified atom stereocenters. The van der Waals surface area contributed by atoms with E-state index in [9.17, 15) is 4.79 Å². The molecule has 0 saturated carbocycles. The smallest absolute Gasteiger partial charge is 0.277 e. The van der Waals surface area contributed by atoms with Crippen LogP contribution in [-0.4, -0.2) is 41.6 Å². The number of hydrogen-bond acceptors (Lipinski definition) is 4. The number of rotatable bonds is 7. The van der Waals surface area contributed by atoms with Gasteiger partial charge in [-0.1, -0.05) is 58.9 Å². The first-order chi connectivity index (χ1) is 14.0. The van der Waals surface area contributed by atoms with Gasteiger partial charge in [0.15, 0.2) is 16.6 Å². The maximum Gasteiger partial charge on any atom is 0.277 e. The molecule has 7 heteroatoms. The van der Waals surface area contributed by atoms with E-state index >= 15 is 0 Å². The minimum Gasteiger partial charge on any atom is -0.493 e. The fraction of sp³-hybridized carbons (Fsp3) is 0.182. The molecule has 1 amide bonds. The Hall–Kier alpha value is -2.64. The Morgan fingerprint density at radius 1 is 1.21 bits per heavy atom. The van der Waals surface area contributed by atoms with E-state index < -0.39 is 0 Å². The average Bonchev–Trinajstić information content (AvgIpc) is 2.92. The van der Waals surface area contributed by atoms with Crippen molar-refractivity contribution in [3.63, 3.8) is 0 Å². The number of hydrogen-bond donors (Lipinski definition) is 0. The minimum absolute atomic E-state index is 0.140. The topological polar surface area (TPSA) is 42.0 Å². The lowest BCUT2D eigenvalue weighted by Crippen LogP contribution is -2.30. The zero-order valence-electron chi connectivity index (χ0n) is 16.2. The summed E-state index contributed by atoms with van der Waals surface area (Å²) in [5, 5.41) is 0.471. The van der Waals surface area contributed by atoms with Crippen LogP contribution in [0.25, 0.3) is 6.08 Å². The Bertz CT molecular complexity index is 976. The molecule has 0 aliphatic carbocycles. The number of carbonyl (C=O) groups is 1. The summed E-state index contributed by atoms with van der Waals surface area (Å²) in [7, 11) is 3.37. The van der Waals surface area contributed by atoms with Crippen LogP contribution >= 0.6 is 28.1 Å². The van der Waals surface area contributed by atoms with E-state index in [0.29, 0.717) is 35.5 Å². The lowest BCUT2D eigenvalue weighted by atomic mass is 10.1. The molecule has 2 aromatic carbocycles. The highest BCUT2D eigenvalue weighted by Gasteiger charge is 2.35. The normalized spacial score (nSPS) is 15.2. The predicted octanol–water partition coefficient (Wildman–Crippen LogP) is 4.62. The second-order valence-corrected chi connectivity index (χ2v) is 7.59. The first kappa shape index (κ1) is 21.1. The maximum absolute atomic E-state index is 13.1. The van der Waals surface area contributed by atoms with Crippen LogP contribution in [0.4, 0.5) is 0 Å². The zero-order valence-corrected chi connectivity index (χ0v) is 18.6. The highest BCUT2D eigenvalue weighted by molar-refractivity contribution is 9.10. The molecular weight excluding hydrogens is 452 g/mol. The van der Waals surface area contributed by atoms with Crippen LogP contribution < -0.4 is 9.47 Å². The summed E-state index contributed by atoms with van der Waals surface area (Å²) < 4.78 is 11.8. The van der Waals surface area contributed by atoms with Crippen LogP contribution in [0.15, 0.2) is 65.3 Å². The molecule has 2 aromatic rings. The maximum atomic E-state index is 13.1. The summed E-state index contributed by atoms with van der Waals surface area (Å²) in [4.78, 5) is 16.4. The van der Waals surface area contributed by atoms with Gasteiger partial charge in [0.25, 0.3) is 5.91 Å². The number of amides is 1. The lowest BCUT2D eigenvalue weighted by molar-refractivity contribution is -0.122. The van der Waals surface area contributed by atoms with Gasteiger partial charge in [-0.3, -0.25) is 9.69 Å². The van der Waals surface area contributed by atoms with Crippen molar-refractivity contribution in [2.24, 2.45) is 0 Å². The highest BCUT2D eigenvalue weighted by Crippen LogP contribution is 2.35. The Morgan fingerprint density at radius 3 is 2.59 bits per heavy atom. The van der Waals surface area contributed by atoms with Crippen molar-refractivity contribution in [3.05, 3.63) is 76.4 Å². The van der Waals surface area contributed by atoms with Crippen LogP contribution in [0.3, 0.4) is 0 Å². The summed E-state index contributed by atoms with van der Waals surface area (Å²) in [5.41, 5.74) is 2.30. The van der Waals surface area contributed by atoms with Crippen LogP contribution in [-0.2, 0) is 11.3 Å². The number of ether oxygens (including phenoxy) is 2. The second-order valence-electron chi connectivity index (χ2n) is 6.37. The molecule has 1 heterocycles. The Balaban J connectivity index is 1.92. The van der Waals surface area contributed by atoms with Gasteiger partial charge in [-0.05, 0) is 41.6 Å². The molecule has 1 aliphatic rings. The van der Waals surface area contributed by atoms with Crippen molar-refractivity contribution in [3.8, 4) is 11.5 Å². The van der Waals surface area contributed by atoms with Gasteiger partial charge in [-0.25, -0.2) is 0 Å². The van der Waals surface area contributed by atoms with E-state index in [2.05, 4.69) is 22.5 Å². The van der Waals surface area contributed by atoms with Gasteiger partial charge >= 0.3 is 0 Å². The molecule has 0 aromatic heterocycles. The van der Waals surface area contributed by atoms with Gasteiger partial charge in [0.1, 0.15) is 12.3 Å². The lowest BCUT2D eigenvalue weighted by Gasteiger charge is -2.16. The van der Waals surface area contributed by atoms with E-state index in [0.717, 1.165) is 15.6 Å². The summed E-state index contributed by atoms with van der Waals surface area (Å²) in [5.74, 6) is 1.02. The molecule has 1 saturated heterocycles. The quantitative estimate of drug-likeness (QED) is 0.334. The third kappa shape index (κ3) is 4.52. The van der Waals surface area contributed by atoms with Crippen LogP contribution in [0.2, 0.25) is 0 Å². The van der Waals surface area contributed by atoms with Crippen molar-refractivity contribution >= 4 is 45.2 Å². The molecular formula is C22H21BrN2O3S. The summed E-state index contributed by atoms with van der Waals surface area (Å²) >= 11 is 9.06. The first-order valence-corrected chi connectivity index (χ1v) is 10.1. The summed E-state index contributed by atoms with van der Waals surface area (Å²) in [6.07, 6.45) is 3.46. The van der Waals surface area contributed by atoms with Gasteiger partial charge in [0, 0.05) is 11.5 Å². The summed E-state index contributed by atoms with van der Waals surface area (Å²) in [6.45, 7) is 4.45. The molecule has 0 bridgehead atoms. The second kappa shape index (κ2) is 9.24. The van der Waals surface area contributed by atoms with Gasteiger partial charge in [0.05, 0.1) is 13.7 Å². The van der Waals surface area contributed by atoms with Gasteiger partial charge in [-0.15, -0.1) is 0 Å². The average molecular weight is 473 g/mol. The standard InChI is InChI=1S/C22H21BrN2O3S/c1-4-10-28-20-13-17(23)16(12-19(20)27-3)11-18-21(26)25(22(29)24(18)2)14-15-8-6-5-7-9-15/h4-9,11-13H,1,10,14H2,2-3H3. The van der Waals surface area contributed by atoms with Crippen LogP contribution in [0, 0.1) is 0 Å². The Labute approximate surface area is 184 Å². The largest absolute Gasteiger partial charge is 0.493 e. The Morgan fingerprint density at radius 2 is 1.93 bits per heavy atom. The van der Waals surface area contributed by atoms with Crippen LogP contribution in [0.1, 0.15) is 11.1 Å². The van der Waals surface area contributed by atoms with E-state index in [1.165, 1.54) is 0 Å². The fourth-order valence-corrected chi connectivity index (χ4v) is 3.63.